The normalized spacial score (nSPS) is 16.3. The van der Waals surface area contributed by atoms with Crippen LogP contribution in [0.15, 0.2) is 35.5 Å². The van der Waals surface area contributed by atoms with E-state index >= 15 is 0 Å². The first-order valence-electron chi connectivity index (χ1n) is 8.46. The van der Waals surface area contributed by atoms with E-state index < -0.39 is 36.4 Å². The summed E-state index contributed by atoms with van der Waals surface area (Å²) >= 11 is 0. The van der Waals surface area contributed by atoms with Crippen LogP contribution in [0.3, 0.4) is 0 Å². The topological polar surface area (TPSA) is 103 Å². The molecule has 1 aromatic carbocycles. The second kappa shape index (κ2) is 9.56. The van der Waals surface area contributed by atoms with Gasteiger partial charge >= 0.3 is 18.0 Å². The zero-order chi connectivity index (χ0) is 19.8. The summed E-state index contributed by atoms with van der Waals surface area (Å²) in [5.74, 6) is -1.42. The number of hydrogen-bond donors (Lipinski definition) is 2. The van der Waals surface area contributed by atoms with Gasteiger partial charge in [-0.25, -0.2) is 18.8 Å². The average molecular weight is 380 g/mol. The minimum absolute atomic E-state index is 0.166. The average Bonchev–Trinajstić information content (AvgIpc) is 2.65. The Kier molecular flexibility index (Phi) is 7.16. The number of rotatable bonds is 8. The summed E-state index contributed by atoms with van der Waals surface area (Å²) in [5.41, 5.74) is 0.380. The van der Waals surface area contributed by atoms with E-state index in [9.17, 15) is 18.8 Å². The molecule has 146 valence electrons. The number of carbonyl (C=O) groups excluding carboxylic acids is 3. The van der Waals surface area contributed by atoms with Crippen LogP contribution in [-0.2, 0) is 19.1 Å². The summed E-state index contributed by atoms with van der Waals surface area (Å²) in [7, 11) is 0. The molecule has 2 rings (SSSR count). The molecule has 0 saturated carbocycles. The molecule has 8 nitrogen and oxygen atoms in total. The van der Waals surface area contributed by atoms with Gasteiger partial charge in [-0.1, -0.05) is 6.92 Å². The Morgan fingerprint density at radius 1 is 1.15 bits per heavy atom. The molecule has 0 bridgehead atoms. The standard InChI is InChI=1S/C18H21FN2O6/c1-3-13-16(17(23)25-4-2)14(21-18(24)20-13)9-27-15(22)10-26-12-7-5-11(19)6-8-12/h5-8,13H,3-4,9-10H2,1-2H3,(H2,20,21,24)/t13-/m1/s1. The summed E-state index contributed by atoms with van der Waals surface area (Å²) in [4.78, 5) is 35.8. The van der Waals surface area contributed by atoms with Crippen LogP contribution in [0.2, 0.25) is 0 Å². The molecule has 0 aromatic heterocycles. The second-order valence-electron chi connectivity index (χ2n) is 5.58. The molecule has 2 N–H and O–H groups in total. The largest absolute Gasteiger partial charge is 0.482 e. The monoisotopic (exact) mass is 380 g/mol. The van der Waals surface area contributed by atoms with Crippen molar-refractivity contribution in [2.24, 2.45) is 0 Å². The molecule has 0 fully saturated rings. The van der Waals surface area contributed by atoms with Gasteiger partial charge in [-0.15, -0.1) is 0 Å². The maximum absolute atomic E-state index is 12.8. The number of carbonyl (C=O) groups is 3. The van der Waals surface area contributed by atoms with Crippen molar-refractivity contribution in [1.29, 1.82) is 0 Å². The highest BCUT2D eigenvalue weighted by Gasteiger charge is 2.31. The third kappa shape index (κ3) is 5.70. The van der Waals surface area contributed by atoms with Crippen LogP contribution in [0.25, 0.3) is 0 Å². The van der Waals surface area contributed by atoms with Gasteiger partial charge in [0.1, 0.15) is 18.2 Å². The van der Waals surface area contributed by atoms with Gasteiger partial charge in [-0.05, 0) is 37.6 Å². The summed E-state index contributed by atoms with van der Waals surface area (Å²) in [6.07, 6.45) is 0.465. The minimum atomic E-state index is -0.712. The molecule has 27 heavy (non-hydrogen) atoms. The quantitative estimate of drug-likeness (QED) is 0.665. The number of esters is 2. The zero-order valence-electron chi connectivity index (χ0n) is 15.0. The van der Waals surface area contributed by atoms with Crippen molar-refractivity contribution in [2.75, 3.05) is 19.8 Å². The van der Waals surface area contributed by atoms with E-state index in [1.54, 1.807) is 13.8 Å². The van der Waals surface area contributed by atoms with Crippen molar-refractivity contribution in [1.82, 2.24) is 10.6 Å². The number of benzene rings is 1. The van der Waals surface area contributed by atoms with E-state index in [4.69, 9.17) is 14.2 Å². The Hall–Kier alpha value is -3.10. The molecule has 0 spiro atoms. The van der Waals surface area contributed by atoms with Crippen molar-refractivity contribution in [3.8, 4) is 5.75 Å². The fourth-order valence-electron chi connectivity index (χ4n) is 2.44. The van der Waals surface area contributed by atoms with E-state index in [2.05, 4.69) is 10.6 Å². The first-order chi connectivity index (χ1) is 12.9. The van der Waals surface area contributed by atoms with Gasteiger partial charge in [-0.3, -0.25) is 0 Å². The van der Waals surface area contributed by atoms with Crippen LogP contribution < -0.4 is 15.4 Å². The van der Waals surface area contributed by atoms with Crippen LogP contribution in [0.4, 0.5) is 9.18 Å². The van der Waals surface area contributed by atoms with Crippen molar-refractivity contribution in [3.63, 3.8) is 0 Å². The predicted octanol–water partition coefficient (Wildman–Crippen LogP) is 1.66. The third-order valence-corrected chi connectivity index (χ3v) is 3.69. The Balaban J connectivity index is 2.00. The molecule has 1 atom stereocenters. The Bertz CT molecular complexity index is 732. The summed E-state index contributed by atoms with van der Waals surface area (Å²) < 4.78 is 28.1. The number of ether oxygens (including phenoxy) is 3. The fourth-order valence-corrected chi connectivity index (χ4v) is 2.44. The van der Waals surface area contributed by atoms with E-state index in [0.717, 1.165) is 0 Å². The molecule has 1 aliphatic rings. The number of hydrogen-bond acceptors (Lipinski definition) is 6. The summed E-state index contributed by atoms with van der Waals surface area (Å²) in [6.45, 7) is 2.92. The number of nitrogens with one attached hydrogen (secondary N) is 2. The maximum Gasteiger partial charge on any atom is 0.344 e. The SMILES string of the molecule is CCOC(=O)C1=C(COC(=O)COc2ccc(F)cc2)NC(=O)N[C@@H]1CC. The summed E-state index contributed by atoms with van der Waals surface area (Å²) in [6, 6.07) is 4.12. The first kappa shape index (κ1) is 20.2. The van der Waals surface area contributed by atoms with Crippen molar-refractivity contribution < 1.29 is 33.0 Å². The van der Waals surface area contributed by atoms with Crippen molar-refractivity contribution in [3.05, 3.63) is 41.4 Å². The van der Waals surface area contributed by atoms with Gasteiger partial charge in [0, 0.05) is 0 Å². The van der Waals surface area contributed by atoms with Crippen molar-refractivity contribution >= 4 is 18.0 Å². The Labute approximate surface area is 155 Å². The van der Waals surface area contributed by atoms with Crippen LogP contribution >= 0.6 is 0 Å². The van der Waals surface area contributed by atoms with Gasteiger partial charge in [0.05, 0.1) is 23.9 Å². The molecule has 0 aliphatic carbocycles. The number of urea groups is 1. The lowest BCUT2D eigenvalue weighted by Crippen LogP contribution is -2.51. The Morgan fingerprint density at radius 3 is 2.48 bits per heavy atom. The molecule has 1 aromatic rings. The maximum atomic E-state index is 12.8. The van der Waals surface area contributed by atoms with Gasteiger partial charge in [0.15, 0.2) is 6.61 Å². The summed E-state index contributed by atoms with van der Waals surface area (Å²) in [5, 5.41) is 5.09. The van der Waals surface area contributed by atoms with Gasteiger partial charge in [-0.2, -0.15) is 0 Å². The molecular weight excluding hydrogens is 359 g/mol. The van der Waals surface area contributed by atoms with E-state index in [0.29, 0.717) is 12.2 Å². The van der Waals surface area contributed by atoms with E-state index in [1.165, 1.54) is 24.3 Å². The van der Waals surface area contributed by atoms with Gasteiger partial charge in [0.2, 0.25) is 0 Å². The molecule has 0 unspecified atom stereocenters. The number of amides is 2. The van der Waals surface area contributed by atoms with Gasteiger partial charge in [0.25, 0.3) is 0 Å². The number of halogens is 1. The van der Waals surface area contributed by atoms with Crippen LogP contribution in [0.1, 0.15) is 20.3 Å². The van der Waals surface area contributed by atoms with Gasteiger partial charge < -0.3 is 24.8 Å². The van der Waals surface area contributed by atoms with E-state index in [-0.39, 0.29) is 24.5 Å². The molecule has 0 saturated heterocycles. The fraction of sp³-hybridized carbons (Fsp3) is 0.389. The Morgan fingerprint density at radius 2 is 1.85 bits per heavy atom. The van der Waals surface area contributed by atoms with E-state index in [1.807, 2.05) is 0 Å². The minimum Gasteiger partial charge on any atom is -0.482 e. The molecule has 1 aliphatic heterocycles. The van der Waals surface area contributed by atoms with Crippen LogP contribution in [0, 0.1) is 5.82 Å². The molecular formula is C18H21FN2O6. The predicted molar refractivity (Wildman–Crippen MR) is 92.3 cm³/mol. The second-order valence-corrected chi connectivity index (χ2v) is 5.58. The molecule has 2 amide bonds. The van der Waals surface area contributed by atoms with Crippen molar-refractivity contribution in [2.45, 2.75) is 26.3 Å². The smallest absolute Gasteiger partial charge is 0.344 e. The highest BCUT2D eigenvalue weighted by molar-refractivity contribution is 5.94. The highest BCUT2D eigenvalue weighted by atomic mass is 19.1. The molecule has 0 radical (unpaired) electrons. The lowest BCUT2D eigenvalue weighted by Gasteiger charge is -2.28. The molecule has 1 heterocycles. The van der Waals surface area contributed by atoms with Crippen LogP contribution in [-0.4, -0.2) is 43.8 Å². The lowest BCUT2D eigenvalue weighted by atomic mass is 10.0. The molecule has 9 heteroatoms. The first-order valence-corrected chi connectivity index (χ1v) is 8.46. The van der Waals surface area contributed by atoms with Crippen LogP contribution in [0.5, 0.6) is 5.75 Å². The zero-order valence-corrected chi connectivity index (χ0v) is 15.0. The highest BCUT2D eigenvalue weighted by Crippen LogP contribution is 2.17. The lowest BCUT2D eigenvalue weighted by molar-refractivity contribution is -0.145. The third-order valence-electron chi connectivity index (χ3n) is 3.69.